The number of likely N-dealkylation sites (tertiary alicyclic amines) is 2. The van der Waals surface area contributed by atoms with Gasteiger partial charge in [-0.1, -0.05) is 64.6 Å². The number of benzene rings is 2. The number of nitrogens with zero attached hydrogens (tertiary/aromatic N) is 4. The first-order chi connectivity index (χ1) is 25.9. The molecule has 2 aromatic carbocycles. The minimum Gasteiger partial charge on any atom is -0.453 e. The summed E-state index contributed by atoms with van der Waals surface area (Å²) in [4.78, 5) is 71.1. The standard InChI is InChI=1S/C40H50N8O6/c1-22(2)33(45-39(51)53-6)37(49)47-18-8-10-31(47)35-41-21-30(44-35)26-14-12-25(13-15-26)24(5)27-16-17-28-29(20-27)43-36(42-28)32-11-9-19-48(32)38(50)34(23(3)4)46-40(52)54-7/h12-17,20-23,31-34H,5,8-11,18-19H2,1-4,6-7H3,(H,41,44)(H,42,43)(H,45,51)(H,46,52)/t31-,32-,33-,34-/m0/s1. The zero-order valence-electron chi connectivity index (χ0n) is 31.8. The second-order valence-corrected chi connectivity index (χ2v) is 14.7. The molecule has 4 N–H and O–H groups in total. The highest BCUT2D eigenvalue weighted by molar-refractivity contribution is 5.88. The molecular weight excluding hydrogens is 688 g/mol. The summed E-state index contributed by atoms with van der Waals surface area (Å²) in [6, 6.07) is 12.2. The van der Waals surface area contributed by atoms with Crippen LogP contribution in [0.2, 0.25) is 0 Å². The van der Waals surface area contributed by atoms with Crippen LogP contribution >= 0.6 is 0 Å². The van der Waals surface area contributed by atoms with E-state index in [-0.39, 0.29) is 35.7 Å². The molecule has 4 aromatic rings. The van der Waals surface area contributed by atoms with Crippen LogP contribution < -0.4 is 10.6 Å². The van der Waals surface area contributed by atoms with Crippen LogP contribution in [-0.2, 0) is 19.1 Å². The van der Waals surface area contributed by atoms with Crippen LogP contribution in [0.4, 0.5) is 9.59 Å². The lowest BCUT2D eigenvalue weighted by Gasteiger charge is -2.29. The van der Waals surface area contributed by atoms with Gasteiger partial charge in [-0.3, -0.25) is 9.59 Å². The molecule has 4 heterocycles. The summed E-state index contributed by atoms with van der Waals surface area (Å²) in [6.07, 6.45) is 3.80. The Morgan fingerprint density at radius 2 is 1.31 bits per heavy atom. The second kappa shape index (κ2) is 16.1. The fraction of sp³-hybridized carbons (Fsp3) is 0.450. The van der Waals surface area contributed by atoms with Crippen molar-refractivity contribution in [3.8, 4) is 11.3 Å². The van der Waals surface area contributed by atoms with Gasteiger partial charge in [-0.05, 0) is 66.4 Å². The number of hydrogen-bond acceptors (Lipinski definition) is 8. The van der Waals surface area contributed by atoms with Crippen LogP contribution in [0.3, 0.4) is 0 Å². The average molecular weight is 739 g/mol. The van der Waals surface area contributed by atoms with Crippen LogP contribution in [0.1, 0.15) is 88.2 Å². The Balaban J connectivity index is 1.14. The zero-order valence-corrected chi connectivity index (χ0v) is 31.8. The maximum absolute atomic E-state index is 13.6. The van der Waals surface area contributed by atoms with E-state index in [1.807, 2.05) is 76.4 Å². The molecule has 0 aliphatic carbocycles. The number of hydrogen-bond donors (Lipinski definition) is 4. The van der Waals surface area contributed by atoms with Gasteiger partial charge in [0.05, 0.1) is 43.0 Å². The molecule has 4 atom stereocenters. The fourth-order valence-electron chi connectivity index (χ4n) is 7.42. The van der Waals surface area contributed by atoms with Crippen molar-refractivity contribution in [2.45, 2.75) is 77.5 Å². The third-order valence-corrected chi connectivity index (χ3v) is 10.5. The van der Waals surface area contributed by atoms with E-state index in [1.54, 1.807) is 9.80 Å². The molecule has 2 saturated heterocycles. The summed E-state index contributed by atoms with van der Waals surface area (Å²) >= 11 is 0. The summed E-state index contributed by atoms with van der Waals surface area (Å²) < 4.78 is 9.51. The van der Waals surface area contributed by atoms with Gasteiger partial charge in [-0.25, -0.2) is 19.6 Å². The van der Waals surface area contributed by atoms with E-state index in [4.69, 9.17) is 19.4 Å². The van der Waals surface area contributed by atoms with Gasteiger partial charge in [0.1, 0.15) is 23.7 Å². The highest BCUT2D eigenvalue weighted by Gasteiger charge is 2.39. The first kappa shape index (κ1) is 38.1. The molecular formula is C40H50N8O6. The Labute approximate surface area is 315 Å². The quantitative estimate of drug-likeness (QED) is 0.143. The third-order valence-electron chi connectivity index (χ3n) is 10.5. The van der Waals surface area contributed by atoms with Crippen molar-refractivity contribution in [2.75, 3.05) is 27.3 Å². The third kappa shape index (κ3) is 7.82. The highest BCUT2D eigenvalue weighted by Crippen LogP contribution is 2.35. The lowest BCUT2D eigenvalue weighted by molar-refractivity contribution is -0.136. The van der Waals surface area contributed by atoms with Gasteiger partial charge in [0.25, 0.3) is 0 Å². The molecule has 0 bridgehead atoms. The minimum absolute atomic E-state index is 0.112. The number of aromatic nitrogens is 4. The van der Waals surface area contributed by atoms with Crippen molar-refractivity contribution in [3.05, 3.63) is 78.0 Å². The van der Waals surface area contributed by atoms with Crippen molar-refractivity contribution in [3.63, 3.8) is 0 Å². The van der Waals surface area contributed by atoms with Crippen molar-refractivity contribution < 1.29 is 28.7 Å². The van der Waals surface area contributed by atoms with E-state index >= 15 is 0 Å². The number of alkyl carbamates (subject to hydrolysis) is 2. The molecule has 54 heavy (non-hydrogen) atoms. The lowest BCUT2D eigenvalue weighted by Crippen LogP contribution is -2.51. The van der Waals surface area contributed by atoms with Crippen molar-refractivity contribution in [1.82, 2.24) is 40.4 Å². The Morgan fingerprint density at radius 3 is 1.85 bits per heavy atom. The van der Waals surface area contributed by atoms with E-state index in [9.17, 15) is 19.2 Å². The zero-order chi connectivity index (χ0) is 38.7. The summed E-state index contributed by atoms with van der Waals surface area (Å²) in [5.41, 5.74) is 6.04. The van der Waals surface area contributed by atoms with Gasteiger partial charge >= 0.3 is 12.2 Å². The molecule has 286 valence electrons. The van der Waals surface area contributed by atoms with Crippen LogP contribution in [-0.4, -0.2) is 93.1 Å². The maximum Gasteiger partial charge on any atom is 0.407 e. The smallest absolute Gasteiger partial charge is 0.407 e. The molecule has 0 saturated carbocycles. The number of nitrogens with one attached hydrogen (secondary N) is 4. The van der Waals surface area contributed by atoms with Gasteiger partial charge in [0.2, 0.25) is 11.8 Å². The molecule has 2 aliphatic heterocycles. The number of methoxy groups -OCH3 is 2. The van der Waals surface area contributed by atoms with E-state index in [2.05, 4.69) is 27.2 Å². The predicted molar refractivity (Wildman–Crippen MR) is 204 cm³/mol. The summed E-state index contributed by atoms with van der Waals surface area (Å²) in [7, 11) is 2.57. The largest absolute Gasteiger partial charge is 0.453 e. The number of imidazole rings is 2. The van der Waals surface area contributed by atoms with Crippen LogP contribution in [0.25, 0.3) is 27.9 Å². The van der Waals surface area contributed by atoms with Crippen molar-refractivity contribution in [2.24, 2.45) is 11.8 Å². The van der Waals surface area contributed by atoms with Gasteiger partial charge in [0, 0.05) is 24.8 Å². The molecule has 4 amide bonds. The van der Waals surface area contributed by atoms with Gasteiger partial charge in [-0.15, -0.1) is 0 Å². The first-order valence-electron chi connectivity index (χ1n) is 18.5. The van der Waals surface area contributed by atoms with Crippen LogP contribution in [0.15, 0.2) is 55.2 Å². The Morgan fingerprint density at radius 1 is 0.778 bits per heavy atom. The number of carbonyl (C=O) groups is 4. The molecule has 2 fully saturated rings. The number of ether oxygens (including phenoxy) is 2. The molecule has 0 spiro atoms. The monoisotopic (exact) mass is 738 g/mol. The number of H-pyrrole nitrogens is 2. The molecule has 6 rings (SSSR count). The van der Waals surface area contributed by atoms with Gasteiger partial charge in [-0.2, -0.15) is 0 Å². The molecule has 0 unspecified atom stereocenters. The molecule has 2 aliphatic rings. The SMILES string of the molecule is C=C(c1ccc(-c2c[nH]c([C@@H]3CCCN3C(=O)[C@@H](NC(=O)OC)C(C)C)n2)cc1)c1ccc2nc([C@@H]3CCCN3C(=O)[C@@H](NC(=O)OC)C(C)C)[nH]c2c1. The van der Waals surface area contributed by atoms with E-state index in [0.29, 0.717) is 24.7 Å². The van der Waals surface area contributed by atoms with E-state index in [0.717, 1.165) is 64.7 Å². The number of rotatable bonds is 11. The normalized spacial score (nSPS) is 18.2. The molecule has 0 radical (unpaired) electrons. The number of fused-ring (bicyclic) bond motifs is 1. The fourth-order valence-corrected chi connectivity index (χ4v) is 7.42. The van der Waals surface area contributed by atoms with E-state index in [1.165, 1.54) is 14.2 Å². The van der Waals surface area contributed by atoms with Crippen molar-refractivity contribution >= 4 is 40.6 Å². The number of carbonyl (C=O) groups excluding carboxylic acids is 4. The molecule has 14 heteroatoms. The Bertz CT molecular complexity index is 2020. The molecule has 14 nitrogen and oxygen atoms in total. The maximum atomic E-state index is 13.6. The number of aromatic amines is 2. The number of amides is 4. The minimum atomic E-state index is -0.701. The Hall–Kier alpha value is -5.66. The van der Waals surface area contributed by atoms with Gasteiger partial charge < -0.3 is 39.9 Å². The van der Waals surface area contributed by atoms with Crippen LogP contribution in [0, 0.1) is 11.8 Å². The highest BCUT2D eigenvalue weighted by atomic mass is 16.5. The molecule has 2 aromatic heterocycles. The van der Waals surface area contributed by atoms with Gasteiger partial charge in [0.15, 0.2) is 0 Å². The lowest BCUT2D eigenvalue weighted by atomic mass is 9.98. The van der Waals surface area contributed by atoms with Crippen LogP contribution in [0.5, 0.6) is 0 Å². The van der Waals surface area contributed by atoms with E-state index < -0.39 is 24.3 Å². The van der Waals surface area contributed by atoms with Crippen molar-refractivity contribution in [1.29, 1.82) is 0 Å². The Kier molecular flexibility index (Phi) is 11.4. The summed E-state index contributed by atoms with van der Waals surface area (Å²) in [5.74, 6) is 0.893. The first-order valence-corrected chi connectivity index (χ1v) is 18.5. The topological polar surface area (TPSA) is 175 Å². The second-order valence-electron chi connectivity index (χ2n) is 14.7. The average Bonchev–Trinajstić information content (AvgIpc) is 4.00. The summed E-state index contributed by atoms with van der Waals surface area (Å²) in [6.45, 7) is 13.1. The summed E-state index contributed by atoms with van der Waals surface area (Å²) in [5, 5.41) is 5.38. The predicted octanol–water partition coefficient (Wildman–Crippen LogP) is 6.10.